The summed E-state index contributed by atoms with van der Waals surface area (Å²) in [5.41, 5.74) is 0. The number of carbonyl (C=O) groups excluding carboxylic acids is 1. The second-order valence-corrected chi connectivity index (χ2v) is 7.92. The Morgan fingerprint density at radius 3 is 2.59 bits per heavy atom. The number of nitrogens with zero attached hydrogens (tertiary/aromatic N) is 3. The summed E-state index contributed by atoms with van der Waals surface area (Å²) in [6, 6.07) is 4.63. The van der Waals surface area contributed by atoms with Gasteiger partial charge in [0, 0.05) is 38.8 Å². The molecule has 0 atom stereocenters. The van der Waals surface area contributed by atoms with E-state index in [1.54, 1.807) is 11.3 Å². The van der Waals surface area contributed by atoms with Crippen molar-refractivity contribution in [3.8, 4) is 0 Å². The number of piperazine rings is 1. The molecule has 1 saturated heterocycles. The van der Waals surface area contributed by atoms with Gasteiger partial charge in [-0.25, -0.2) is 4.99 Å². The van der Waals surface area contributed by atoms with E-state index in [-0.39, 0.29) is 36.4 Å². The highest BCUT2D eigenvalue weighted by atomic mass is 127. The zero-order valence-corrected chi connectivity index (χ0v) is 19.3. The molecule has 1 saturated carbocycles. The first kappa shape index (κ1) is 22.3. The zero-order valence-electron chi connectivity index (χ0n) is 16.2. The van der Waals surface area contributed by atoms with Gasteiger partial charge in [0.1, 0.15) is 6.54 Å². The second kappa shape index (κ2) is 11.7. The van der Waals surface area contributed by atoms with Crippen molar-refractivity contribution in [2.24, 2.45) is 4.99 Å². The summed E-state index contributed by atoms with van der Waals surface area (Å²) in [5, 5.41) is 9.94. The number of anilines is 1. The average Bonchev–Trinajstić information content (AvgIpc) is 3.21. The fourth-order valence-electron chi connectivity index (χ4n) is 3.68. The van der Waals surface area contributed by atoms with Crippen LogP contribution in [0.3, 0.4) is 0 Å². The van der Waals surface area contributed by atoms with Gasteiger partial charge in [-0.05, 0) is 37.3 Å². The lowest BCUT2D eigenvalue weighted by atomic mass is 9.95. The molecule has 1 aliphatic heterocycles. The molecule has 8 heteroatoms. The number of rotatable bonds is 5. The molecule has 0 unspecified atom stereocenters. The summed E-state index contributed by atoms with van der Waals surface area (Å²) >= 11 is 1.79. The van der Waals surface area contributed by atoms with Crippen LogP contribution < -0.4 is 15.5 Å². The number of thiophene rings is 1. The van der Waals surface area contributed by atoms with Gasteiger partial charge in [-0.3, -0.25) is 4.79 Å². The quantitative estimate of drug-likeness (QED) is 0.367. The summed E-state index contributed by atoms with van der Waals surface area (Å²) in [6.07, 6.45) is 5.98. The Balaban J connectivity index is 0.00000261. The van der Waals surface area contributed by atoms with E-state index < -0.39 is 0 Å². The van der Waals surface area contributed by atoms with E-state index in [1.165, 1.54) is 24.3 Å². The molecule has 3 rings (SSSR count). The Morgan fingerprint density at radius 1 is 1.22 bits per heavy atom. The molecule has 1 amide bonds. The normalized spacial score (nSPS) is 18.8. The van der Waals surface area contributed by atoms with E-state index in [0.717, 1.165) is 51.5 Å². The Morgan fingerprint density at radius 2 is 1.96 bits per heavy atom. The van der Waals surface area contributed by atoms with E-state index >= 15 is 0 Å². The number of guanidine groups is 1. The smallest absolute Gasteiger partial charge is 0.242 e. The highest BCUT2D eigenvalue weighted by molar-refractivity contribution is 14.0. The highest BCUT2D eigenvalue weighted by Gasteiger charge is 2.21. The van der Waals surface area contributed by atoms with Gasteiger partial charge in [-0.2, -0.15) is 0 Å². The van der Waals surface area contributed by atoms with Crippen molar-refractivity contribution in [1.29, 1.82) is 0 Å². The van der Waals surface area contributed by atoms with E-state index in [9.17, 15) is 4.79 Å². The van der Waals surface area contributed by atoms with Crippen molar-refractivity contribution in [3.63, 3.8) is 0 Å². The fraction of sp³-hybridized carbons (Fsp3) is 0.684. The molecule has 1 aliphatic carbocycles. The standard InChI is InChI=1S/C19H31N5OS.HI/c1-2-20-19(21-15-17(25)22-16-7-4-3-5-8-16)24-12-10-23(11-13-24)18-9-6-14-26-18;/h6,9,14,16H,2-5,7-8,10-13,15H2,1H3,(H,20,21)(H,22,25);1H. The molecular formula is C19H32IN5OS. The lowest BCUT2D eigenvalue weighted by Gasteiger charge is -2.37. The van der Waals surface area contributed by atoms with Crippen LogP contribution in [-0.2, 0) is 4.79 Å². The lowest BCUT2D eigenvalue weighted by Crippen LogP contribution is -2.52. The number of nitrogens with one attached hydrogen (secondary N) is 2. The van der Waals surface area contributed by atoms with Gasteiger partial charge in [0.15, 0.2) is 5.96 Å². The van der Waals surface area contributed by atoms with Crippen LogP contribution in [0.1, 0.15) is 39.0 Å². The Hall–Kier alpha value is -1.03. The predicted octanol–water partition coefficient (Wildman–Crippen LogP) is 2.90. The largest absolute Gasteiger partial charge is 0.360 e. The van der Waals surface area contributed by atoms with Crippen LogP contribution in [0.2, 0.25) is 0 Å². The summed E-state index contributed by atoms with van der Waals surface area (Å²) in [4.78, 5) is 21.5. The van der Waals surface area contributed by atoms with Gasteiger partial charge in [0.05, 0.1) is 5.00 Å². The van der Waals surface area contributed by atoms with Gasteiger partial charge < -0.3 is 20.4 Å². The number of hydrogen-bond acceptors (Lipinski definition) is 4. The monoisotopic (exact) mass is 505 g/mol. The molecule has 27 heavy (non-hydrogen) atoms. The topological polar surface area (TPSA) is 60.0 Å². The van der Waals surface area contributed by atoms with Crippen LogP contribution in [0.4, 0.5) is 5.00 Å². The molecule has 2 aliphatic rings. The summed E-state index contributed by atoms with van der Waals surface area (Å²) in [7, 11) is 0. The fourth-order valence-corrected chi connectivity index (χ4v) is 4.47. The van der Waals surface area contributed by atoms with Crippen LogP contribution in [0.25, 0.3) is 0 Å². The van der Waals surface area contributed by atoms with E-state index in [4.69, 9.17) is 0 Å². The third kappa shape index (κ3) is 6.81. The van der Waals surface area contributed by atoms with Crippen LogP contribution in [0, 0.1) is 0 Å². The van der Waals surface area contributed by atoms with E-state index in [2.05, 4.69) is 49.9 Å². The second-order valence-electron chi connectivity index (χ2n) is 7.00. The number of carbonyl (C=O) groups is 1. The number of hydrogen-bond donors (Lipinski definition) is 2. The first-order valence-electron chi connectivity index (χ1n) is 9.87. The highest BCUT2D eigenvalue weighted by Crippen LogP contribution is 2.22. The lowest BCUT2D eigenvalue weighted by molar-refractivity contribution is -0.120. The van der Waals surface area contributed by atoms with Crippen molar-refractivity contribution < 1.29 is 4.79 Å². The zero-order chi connectivity index (χ0) is 18.2. The predicted molar refractivity (Wildman–Crippen MR) is 125 cm³/mol. The Labute approximate surface area is 183 Å². The molecule has 152 valence electrons. The number of halogens is 1. The maximum Gasteiger partial charge on any atom is 0.242 e. The molecular weight excluding hydrogens is 473 g/mol. The van der Waals surface area contributed by atoms with Gasteiger partial charge in [-0.15, -0.1) is 35.3 Å². The average molecular weight is 505 g/mol. The molecule has 0 radical (unpaired) electrons. The number of aliphatic imine (C=N–C) groups is 1. The summed E-state index contributed by atoms with van der Waals surface area (Å²) in [6.45, 7) is 6.91. The van der Waals surface area contributed by atoms with Crippen molar-refractivity contribution in [2.45, 2.75) is 45.1 Å². The van der Waals surface area contributed by atoms with Crippen molar-refractivity contribution in [2.75, 3.05) is 44.2 Å². The van der Waals surface area contributed by atoms with Crippen LogP contribution >= 0.6 is 35.3 Å². The summed E-state index contributed by atoms with van der Waals surface area (Å²) < 4.78 is 0. The molecule has 0 spiro atoms. The maximum absolute atomic E-state index is 12.2. The van der Waals surface area contributed by atoms with Crippen molar-refractivity contribution in [3.05, 3.63) is 17.5 Å². The molecule has 1 aromatic heterocycles. The SMILES string of the molecule is CCNC(=NCC(=O)NC1CCCCC1)N1CCN(c2cccs2)CC1.I. The first-order chi connectivity index (χ1) is 12.8. The van der Waals surface area contributed by atoms with Crippen LogP contribution in [0.5, 0.6) is 0 Å². The van der Waals surface area contributed by atoms with Gasteiger partial charge in [0.2, 0.25) is 5.91 Å². The Kier molecular flexibility index (Phi) is 9.67. The molecule has 6 nitrogen and oxygen atoms in total. The molecule has 2 heterocycles. The molecule has 2 N–H and O–H groups in total. The molecule has 1 aromatic rings. The maximum atomic E-state index is 12.2. The third-order valence-corrected chi connectivity index (χ3v) is 6.00. The minimum absolute atomic E-state index is 0. The minimum Gasteiger partial charge on any atom is -0.360 e. The Bertz CT molecular complexity index is 581. The third-order valence-electron chi connectivity index (χ3n) is 5.07. The molecule has 0 aromatic carbocycles. The molecule has 0 bridgehead atoms. The van der Waals surface area contributed by atoms with Crippen molar-refractivity contribution >= 4 is 52.2 Å². The van der Waals surface area contributed by atoms with Gasteiger partial charge in [0.25, 0.3) is 0 Å². The van der Waals surface area contributed by atoms with Gasteiger partial charge >= 0.3 is 0 Å². The van der Waals surface area contributed by atoms with Crippen LogP contribution in [0.15, 0.2) is 22.5 Å². The number of amides is 1. The van der Waals surface area contributed by atoms with Gasteiger partial charge in [-0.1, -0.05) is 19.3 Å². The minimum atomic E-state index is 0. The first-order valence-corrected chi connectivity index (χ1v) is 10.8. The van der Waals surface area contributed by atoms with Crippen LogP contribution in [-0.4, -0.2) is 62.1 Å². The summed E-state index contributed by atoms with van der Waals surface area (Å²) in [5.74, 6) is 0.904. The van der Waals surface area contributed by atoms with E-state index in [1.807, 2.05) is 0 Å². The van der Waals surface area contributed by atoms with Crippen molar-refractivity contribution in [1.82, 2.24) is 15.5 Å². The van der Waals surface area contributed by atoms with E-state index in [0.29, 0.717) is 6.04 Å². The molecule has 2 fully saturated rings.